The van der Waals surface area contributed by atoms with Crippen molar-refractivity contribution < 1.29 is 4.79 Å². The number of aromatic nitrogens is 2. The number of fused-ring (bicyclic) bond motifs is 1. The summed E-state index contributed by atoms with van der Waals surface area (Å²) < 4.78 is 2.79. The molecule has 0 aliphatic heterocycles. The number of nitrogens with zero attached hydrogens (tertiary/aromatic N) is 2. The minimum Gasteiger partial charge on any atom is -0.350 e. The Labute approximate surface area is 145 Å². The zero-order valence-corrected chi connectivity index (χ0v) is 14.4. The summed E-state index contributed by atoms with van der Waals surface area (Å²) in [5.41, 5.74) is 0.534. The predicted molar refractivity (Wildman–Crippen MR) is 94.6 cm³/mol. The number of carbonyl (C=O) groups excluding carboxylic acids is 1. The van der Waals surface area contributed by atoms with Gasteiger partial charge in [-0.15, -0.1) is 11.3 Å². The van der Waals surface area contributed by atoms with Crippen LogP contribution in [0.1, 0.15) is 5.56 Å². The van der Waals surface area contributed by atoms with E-state index < -0.39 is 5.69 Å². The Morgan fingerprint density at radius 1 is 1.21 bits per heavy atom. The fourth-order valence-electron chi connectivity index (χ4n) is 2.35. The van der Waals surface area contributed by atoms with Gasteiger partial charge in [-0.25, -0.2) is 4.79 Å². The molecule has 2 aromatic heterocycles. The van der Waals surface area contributed by atoms with Crippen LogP contribution in [0.5, 0.6) is 0 Å². The van der Waals surface area contributed by atoms with Gasteiger partial charge in [0, 0.05) is 18.6 Å². The quantitative estimate of drug-likeness (QED) is 0.767. The highest BCUT2D eigenvalue weighted by molar-refractivity contribution is 7.17. The average molecular weight is 364 g/mol. The van der Waals surface area contributed by atoms with Gasteiger partial charge in [-0.05, 0) is 29.1 Å². The molecule has 0 atom stereocenters. The Kier molecular flexibility index (Phi) is 4.55. The summed E-state index contributed by atoms with van der Waals surface area (Å²) in [6, 6.07) is 8.80. The van der Waals surface area contributed by atoms with Crippen LogP contribution in [0.25, 0.3) is 10.2 Å². The molecule has 1 N–H and O–H groups in total. The standard InChI is InChI=1S/C16H14ClN3O3S/c1-19-15(22)14-12(6-7-24-14)20(16(19)23)9-13(21)18-8-10-2-4-11(17)5-3-10/h2-7H,8-9H2,1H3,(H,18,21). The second-order valence-corrected chi connectivity index (χ2v) is 6.62. The molecule has 1 aromatic carbocycles. The van der Waals surface area contributed by atoms with E-state index in [1.807, 2.05) is 12.1 Å². The van der Waals surface area contributed by atoms with E-state index in [9.17, 15) is 14.4 Å². The van der Waals surface area contributed by atoms with E-state index in [0.717, 1.165) is 10.1 Å². The second kappa shape index (κ2) is 6.62. The van der Waals surface area contributed by atoms with Gasteiger partial charge >= 0.3 is 5.69 Å². The molecule has 0 aliphatic carbocycles. The molecule has 0 unspecified atom stereocenters. The van der Waals surface area contributed by atoms with Gasteiger partial charge in [0.05, 0.1) is 5.52 Å². The summed E-state index contributed by atoms with van der Waals surface area (Å²) >= 11 is 7.07. The molecule has 1 amide bonds. The Balaban J connectivity index is 1.81. The molecule has 0 spiro atoms. The van der Waals surface area contributed by atoms with Gasteiger partial charge in [0.1, 0.15) is 11.2 Å². The predicted octanol–water partition coefficient (Wildman–Crippen LogP) is 1.73. The molecule has 8 heteroatoms. The molecule has 0 fully saturated rings. The molecule has 6 nitrogen and oxygen atoms in total. The third kappa shape index (κ3) is 3.13. The van der Waals surface area contributed by atoms with Crippen LogP contribution >= 0.6 is 22.9 Å². The van der Waals surface area contributed by atoms with E-state index in [0.29, 0.717) is 21.8 Å². The minimum absolute atomic E-state index is 0.145. The highest BCUT2D eigenvalue weighted by atomic mass is 35.5. The summed E-state index contributed by atoms with van der Waals surface area (Å²) in [5, 5.41) is 5.12. The van der Waals surface area contributed by atoms with Crippen molar-refractivity contribution in [3.63, 3.8) is 0 Å². The smallest absolute Gasteiger partial charge is 0.331 e. The number of benzene rings is 1. The fraction of sp³-hybridized carbons (Fsp3) is 0.188. The van der Waals surface area contributed by atoms with Crippen molar-refractivity contribution in [1.29, 1.82) is 0 Å². The zero-order chi connectivity index (χ0) is 17.3. The summed E-state index contributed by atoms with van der Waals surface area (Å²) in [4.78, 5) is 36.5. The van der Waals surface area contributed by atoms with E-state index in [1.54, 1.807) is 23.6 Å². The van der Waals surface area contributed by atoms with Crippen molar-refractivity contribution in [2.75, 3.05) is 0 Å². The Bertz CT molecular complexity index is 1020. The van der Waals surface area contributed by atoms with Crippen molar-refractivity contribution in [3.05, 3.63) is 67.1 Å². The molecular formula is C16H14ClN3O3S. The van der Waals surface area contributed by atoms with Gasteiger partial charge in [0.2, 0.25) is 5.91 Å². The number of nitrogens with one attached hydrogen (secondary N) is 1. The zero-order valence-electron chi connectivity index (χ0n) is 12.8. The van der Waals surface area contributed by atoms with Gasteiger partial charge in [-0.3, -0.25) is 18.7 Å². The number of amides is 1. The van der Waals surface area contributed by atoms with Crippen LogP contribution in [0.4, 0.5) is 0 Å². The summed E-state index contributed by atoms with van der Waals surface area (Å²) in [5.74, 6) is -0.307. The van der Waals surface area contributed by atoms with Crippen molar-refractivity contribution in [1.82, 2.24) is 14.5 Å². The van der Waals surface area contributed by atoms with Crippen LogP contribution in [0.2, 0.25) is 5.02 Å². The van der Waals surface area contributed by atoms with Gasteiger partial charge in [-0.2, -0.15) is 0 Å². The van der Waals surface area contributed by atoms with Crippen LogP contribution in [0, 0.1) is 0 Å². The third-order valence-corrected chi connectivity index (χ3v) is 4.80. The molecule has 0 saturated heterocycles. The molecule has 0 aliphatic rings. The number of carbonyl (C=O) groups is 1. The van der Waals surface area contributed by atoms with Crippen LogP contribution in [0.15, 0.2) is 45.3 Å². The summed E-state index contributed by atoms with van der Waals surface area (Å²) in [6.45, 7) is 0.192. The SMILES string of the molecule is Cn1c(=O)c2sccc2n(CC(=O)NCc2ccc(Cl)cc2)c1=O. The minimum atomic E-state index is -0.507. The number of halogens is 1. The summed E-state index contributed by atoms with van der Waals surface area (Å²) in [7, 11) is 1.41. The molecule has 0 bridgehead atoms. The van der Waals surface area contributed by atoms with Crippen LogP contribution < -0.4 is 16.6 Å². The van der Waals surface area contributed by atoms with E-state index >= 15 is 0 Å². The second-order valence-electron chi connectivity index (χ2n) is 5.27. The first-order valence-corrected chi connectivity index (χ1v) is 8.41. The van der Waals surface area contributed by atoms with Gasteiger partial charge < -0.3 is 5.32 Å². The number of hydrogen-bond donors (Lipinski definition) is 1. The maximum atomic E-state index is 12.3. The third-order valence-electron chi connectivity index (χ3n) is 3.66. The Morgan fingerprint density at radius 3 is 2.62 bits per heavy atom. The lowest BCUT2D eigenvalue weighted by atomic mass is 10.2. The molecule has 124 valence electrons. The van der Waals surface area contributed by atoms with Gasteiger partial charge in [-0.1, -0.05) is 23.7 Å². The van der Waals surface area contributed by atoms with Crippen LogP contribution in [-0.4, -0.2) is 15.0 Å². The van der Waals surface area contributed by atoms with E-state index in [1.165, 1.54) is 23.0 Å². The largest absolute Gasteiger partial charge is 0.350 e. The Morgan fingerprint density at radius 2 is 1.92 bits per heavy atom. The lowest BCUT2D eigenvalue weighted by Gasteiger charge is -2.10. The normalized spacial score (nSPS) is 10.9. The summed E-state index contributed by atoms with van der Waals surface area (Å²) in [6.07, 6.45) is 0. The first-order chi connectivity index (χ1) is 11.5. The van der Waals surface area contributed by atoms with Crippen molar-refractivity contribution in [3.8, 4) is 0 Å². The molecule has 24 heavy (non-hydrogen) atoms. The highest BCUT2D eigenvalue weighted by Gasteiger charge is 2.14. The van der Waals surface area contributed by atoms with Gasteiger partial charge in [0.25, 0.3) is 5.56 Å². The van der Waals surface area contributed by atoms with Crippen LogP contribution in [0.3, 0.4) is 0 Å². The highest BCUT2D eigenvalue weighted by Crippen LogP contribution is 2.15. The monoisotopic (exact) mass is 363 g/mol. The fourth-order valence-corrected chi connectivity index (χ4v) is 3.35. The first kappa shape index (κ1) is 16.5. The van der Waals surface area contributed by atoms with E-state index in [4.69, 9.17) is 11.6 Å². The molecule has 3 rings (SSSR count). The van der Waals surface area contributed by atoms with Crippen molar-refractivity contribution in [2.24, 2.45) is 7.05 Å². The average Bonchev–Trinajstić information content (AvgIpc) is 3.06. The molecule has 3 aromatic rings. The van der Waals surface area contributed by atoms with E-state index in [-0.39, 0.29) is 18.0 Å². The van der Waals surface area contributed by atoms with Gasteiger partial charge in [0.15, 0.2) is 0 Å². The number of rotatable bonds is 4. The molecule has 0 saturated carbocycles. The topological polar surface area (TPSA) is 73.1 Å². The number of thiophene rings is 1. The lowest BCUT2D eigenvalue weighted by Crippen LogP contribution is -2.40. The van der Waals surface area contributed by atoms with Crippen molar-refractivity contribution in [2.45, 2.75) is 13.1 Å². The first-order valence-electron chi connectivity index (χ1n) is 7.15. The van der Waals surface area contributed by atoms with Crippen LogP contribution in [-0.2, 0) is 24.9 Å². The van der Waals surface area contributed by atoms with Crippen molar-refractivity contribution >= 4 is 39.1 Å². The molecule has 2 heterocycles. The number of hydrogen-bond acceptors (Lipinski definition) is 4. The lowest BCUT2D eigenvalue weighted by molar-refractivity contribution is -0.121. The molecule has 0 radical (unpaired) electrons. The maximum absolute atomic E-state index is 12.3. The Hall–Kier alpha value is -2.38. The van der Waals surface area contributed by atoms with E-state index in [2.05, 4.69) is 5.32 Å². The maximum Gasteiger partial charge on any atom is 0.331 e. The molecular weight excluding hydrogens is 350 g/mol.